The first kappa shape index (κ1) is 15.6. The summed E-state index contributed by atoms with van der Waals surface area (Å²) < 4.78 is 14.1. The average Bonchev–Trinajstić information content (AvgIpc) is 2.46. The first-order valence-corrected chi connectivity index (χ1v) is 7.13. The third-order valence-corrected chi connectivity index (χ3v) is 3.75. The van der Waals surface area contributed by atoms with Crippen LogP contribution in [0.25, 0.3) is 0 Å². The number of amidine groups is 1. The Balaban J connectivity index is 2.24. The lowest BCUT2D eigenvalue weighted by molar-refractivity contribution is 0.318. The largest absolute Gasteiger partial charge is 0.409 e. The molecule has 0 aliphatic carbocycles. The van der Waals surface area contributed by atoms with E-state index in [1.54, 1.807) is 18.2 Å². The number of rotatable bonds is 4. The van der Waals surface area contributed by atoms with E-state index in [0.29, 0.717) is 22.7 Å². The lowest BCUT2D eigenvalue weighted by Gasteiger charge is -2.12. The Labute approximate surface area is 134 Å². The number of benzene rings is 2. The molecule has 0 unspecified atom stereocenters. The number of hydrogen-bond acceptors (Lipinski definition) is 3. The smallest absolute Gasteiger partial charge is 0.170 e. The third-order valence-electron chi connectivity index (χ3n) is 2.86. The maximum absolute atomic E-state index is 13.3. The van der Waals surface area contributed by atoms with Gasteiger partial charge >= 0.3 is 0 Å². The Hall–Kier alpha value is -1.79. The fourth-order valence-corrected chi connectivity index (χ4v) is 2.64. The van der Waals surface area contributed by atoms with Crippen LogP contribution in [0.3, 0.4) is 0 Å². The second-order valence-electron chi connectivity index (χ2n) is 4.26. The third kappa shape index (κ3) is 3.86. The zero-order valence-corrected chi connectivity index (χ0v) is 13.1. The molecular formula is C14H12BrClFN3O. The molecule has 0 spiro atoms. The molecule has 4 nitrogen and oxygen atoms in total. The molecule has 21 heavy (non-hydrogen) atoms. The molecule has 0 heterocycles. The van der Waals surface area contributed by atoms with Crippen molar-refractivity contribution >= 4 is 39.1 Å². The lowest BCUT2D eigenvalue weighted by atomic mass is 10.1. The van der Waals surface area contributed by atoms with Crippen LogP contribution >= 0.6 is 27.5 Å². The van der Waals surface area contributed by atoms with Gasteiger partial charge in [0, 0.05) is 27.3 Å². The summed E-state index contributed by atoms with van der Waals surface area (Å²) >= 11 is 9.28. The van der Waals surface area contributed by atoms with Crippen LogP contribution in [0.4, 0.5) is 10.1 Å². The summed E-state index contributed by atoms with van der Waals surface area (Å²) in [5.74, 6) is -0.588. The molecule has 0 aromatic heterocycles. The Morgan fingerprint density at radius 3 is 2.76 bits per heavy atom. The Morgan fingerprint density at radius 2 is 2.10 bits per heavy atom. The molecule has 0 saturated heterocycles. The molecule has 0 fully saturated rings. The Morgan fingerprint density at radius 1 is 1.33 bits per heavy atom. The molecule has 0 radical (unpaired) electrons. The highest BCUT2D eigenvalue weighted by molar-refractivity contribution is 9.10. The summed E-state index contributed by atoms with van der Waals surface area (Å²) in [6, 6.07) is 9.46. The van der Waals surface area contributed by atoms with E-state index in [4.69, 9.17) is 22.5 Å². The van der Waals surface area contributed by atoms with Crippen LogP contribution in [0.15, 0.2) is 46.0 Å². The van der Waals surface area contributed by atoms with E-state index in [-0.39, 0.29) is 5.84 Å². The van der Waals surface area contributed by atoms with Gasteiger partial charge in [0.2, 0.25) is 0 Å². The van der Waals surface area contributed by atoms with Gasteiger partial charge in [-0.15, -0.1) is 0 Å². The molecule has 7 heteroatoms. The first-order chi connectivity index (χ1) is 10.0. The van der Waals surface area contributed by atoms with Gasteiger partial charge in [-0.2, -0.15) is 0 Å². The fraction of sp³-hybridized carbons (Fsp3) is 0.0714. The van der Waals surface area contributed by atoms with Crippen molar-refractivity contribution in [1.82, 2.24) is 0 Å². The second-order valence-corrected chi connectivity index (χ2v) is 5.56. The maximum Gasteiger partial charge on any atom is 0.170 e. The summed E-state index contributed by atoms with van der Waals surface area (Å²) in [6.45, 7) is 0.381. The molecule has 0 aliphatic heterocycles. The number of anilines is 1. The van der Waals surface area contributed by atoms with Gasteiger partial charge in [0.1, 0.15) is 5.82 Å². The van der Waals surface area contributed by atoms with Crippen molar-refractivity contribution in [2.75, 3.05) is 5.32 Å². The molecule has 110 valence electrons. The number of oxime groups is 1. The molecule has 0 bridgehead atoms. The summed E-state index contributed by atoms with van der Waals surface area (Å²) in [5, 5.41) is 15.5. The van der Waals surface area contributed by atoms with Crippen LogP contribution in [0.5, 0.6) is 0 Å². The predicted octanol–water partition coefficient (Wildman–Crippen LogP) is 3.95. The Bertz CT molecular complexity index is 694. The summed E-state index contributed by atoms with van der Waals surface area (Å²) in [6.07, 6.45) is 0. The van der Waals surface area contributed by atoms with E-state index < -0.39 is 5.82 Å². The van der Waals surface area contributed by atoms with Gasteiger partial charge in [-0.25, -0.2) is 4.39 Å². The molecule has 0 atom stereocenters. The van der Waals surface area contributed by atoms with Crippen LogP contribution in [0.1, 0.15) is 11.1 Å². The number of nitrogens with zero attached hydrogens (tertiary/aromatic N) is 1. The van der Waals surface area contributed by atoms with E-state index in [1.165, 1.54) is 12.1 Å². The van der Waals surface area contributed by atoms with Gasteiger partial charge < -0.3 is 16.3 Å². The summed E-state index contributed by atoms with van der Waals surface area (Å²) in [5.41, 5.74) is 7.43. The predicted molar refractivity (Wildman–Crippen MR) is 85.4 cm³/mol. The van der Waals surface area contributed by atoms with Gasteiger partial charge in [0.05, 0.1) is 0 Å². The van der Waals surface area contributed by atoms with Crippen LogP contribution in [0.2, 0.25) is 5.02 Å². The van der Waals surface area contributed by atoms with Crippen LogP contribution in [0, 0.1) is 5.82 Å². The zero-order valence-electron chi connectivity index (χ0n) is 10.8. The van der Waals surface area contributed by atoms with Crippen molar-refractivity contribution in [3.8, 4) is 0 Å². The topological polar surface area (TPSA) is 70.6 Å². The monoisotopic (exact) mass is 371 g/mol. The summed E-state index contributed by atoms with van der Waals surface area (Å²) in [4.78, 5) is 0. The molecule has 0 aliphatic rings. The van der Waals surface area contributed by atoms with Crippen LogP contribution in [-0.4, -0.2) is 11.0 Å². The quantitative estimate of drug-likeness (QED) is 0.329. The number of hydrogen-bond donors (Lipinski definition) is 3. The van der Waals surface area contributed by atoms with Crippen molar-refractivity contribution in [3.63, 3.8) is 0 Å². The molecule has 0 saturated carbocycles. The molecular weight excluding hydrogens is 361 g/mol. The Kier molecular flexibility index (Phi) is 5.03. The van der Waals surface area contributed by atoms with Crippen molar-refractivity contribution < 1.29 is 9.60 Å². The number of nitrogens with one attached hydrogen (secondary N) is 1. The van der Waals surface area contributed by atoms with Crippen LogP contribution in [-0.2, 0) is 6.54 Å². The molecule has 2 aromatic carbocycles. The fourth-order valence-electron chi connectivity index (χ4n) is 1.82. The van der Waals surface area contributed by atoms with E-state index in [9.17, 15) is 4.39 Å². The van der Waals surface area contributed by atoms with E-state index in [1.807, 2.05) is 6.07 Å². The highest BCUT2D eigenvalue weighted by Crippen LogP contribution is 2.26. The minimum Gasteiger partial charge on any atom is -0.409 e. The minimum atomic E-state index is -0.451. The van der Waals surface area contributed by atoms with Gasteiger partial charge in [0.25, 0.3) is 0 Å². The van der Waals surface area contributed by atoms with Gasteiger partial charge in [-0.3, -0.25) is 0 Å². The van der Waals surface area contributed by atoms with Crippen molar-refractivity contribution in [2.24, 2.45) is 10.9 Å². The average molecular weight is 373 g/mol. The highest BCUT2D eigenvalue weighted by Gasteiger charge is 2.09. The summed E-state index contributed by atoms with van der Waals surface area (Å²) in [7, 11) is 0. The lowest BCUT2D eigenvalue weighted by Crippen LogP contribution is -2.17. The van der Waals surface area contributed by atoms with E-state index in [0.717, 1.165) is 10.2 Å². The van der Waals surface area contributed by atoms with E-state index >= 15 is 0 Å². The molecule has 2 rings (SSSR count). The van der Waals surface area contributed by atoms with Gasteiger partial charge in [0.15, 0.2) is 5.84 Å². The molecule has 0 amide bonds. The van der Waals surface area contributed by atoms with Gasteiger partial charge in [-0.1, -0.05) is 22.8 Å². The number of halogens is 3. The van der Waals surface area contributed by atoms with Gasteiger partial charge in [-0.05, 0) is 51.8 Å². The zero-order chi connectivity index (χ0) is 15.4. The second kappa shape index (κ2) is 6.78. The molecule has 4 N–H and O–H groups in total. The maximum atomic E-state index is 13.3. The van der Waals surface area contributed by atoms with Crippen LogP contribution < -0.4 is 11.1 Å². The normalized spacial score (nSPS) is 11.5. The van der Waals surface area contributed by atoms with Crippen molar-refractivity contribution in [2.45, 2.75) is 6.54 Å². The first-order valence-electron chi connectivity index (χ1n) is 5.96. The highest BCUT2D eigenvalue weighted by atomic mass is 79.9. The molecule has 2 aromatic rings. The minimum absolute atomic E-state index is 0.138. The standard InChI is InChI=1S/C14H12BrClFN3O/c15-12-5-9(16)2-4-13(12)19-7-8-1-3-10(17)6-11(8)14(18)20-21/h1-6,19,21H,7H2,(H2,18,20). The SMILES string of the molecule is N/C(=N/O)c1cc(F)ccc1CNc1ccc(Cl)cc1Br. The van der Waals surface area contributed by atoms with Crippen molar-refractivity contribution in [1.29, 1.82) is 0 Å². The van der Waals surface area contributed by atoms with Crippen molar-refractivity contribution in [3.05, 3.63) is 62.8 Å². The number of nitrogens with two attached hydrogens (primary N) is 1. The van der Waals surface area contributed by atoms with E-state index in [2.05, 4.69) is 26.4 Å².